The van der Waals surface area contributed by atoms with Crippen LogP contribution < -0.4 is 5.23 Å². The minimum atomic E-state index is 1.27. The lowest BCUT2D eigenvalue weighted by Gasteiger charge is -1.99. The average molecular weight is 91.9 g/mol. The second-order valence-electron chi connectivity index (χ2n) is 1.58. The third-order valence-corrected chi connectivity index (χ3v) is 0.863. The summed E-state index contributed by atoms with van der Waals surface area (Å²) in [6, 6.07) is 0. The maximum absolute atomic E-state index is 2.96. The van der Waals surface area contributed by atoms with Crippen molar-refractivity contribution < 1.29 is 0 Å². The lowest BCUT2D eigenvalue weighted by Crippen LogP contribution is -2.12. The van der Waals surface area contributed by atoms with Crippen LogP contribution >= 0.6 is 0 Å². The van der Waals surface area contributed by atoms with Gasteiger partial charge in [-0.05, 0) is 18.7 Å². The van der Waals surface area contributed by atoms with E-state index in [4.69, 9.17) is 0 Å². The molecule has 0 aromatic carbocycles. The minimum absolute atomic E-state index is 1.27. The van der Waals surface area contributed by atoms with Gasteiger partial charge in [-0.15, -0.1) is 0 Å². The van der Waals surface area contributed by atoms with Gasteiger partial charge in [0, 0.05) is 0 Å². The van der Waals surface area contributed by atoms with Crippen molar-refractivity contribution in [2.75, 3.05) is 0 Å². The molecule has 0 amide bonds. The highest BCUT2D eigenvalue weighted by molar-refractivity contribution is 6.39. The first-order valence-corrected chi connectivity index (χ1v) is 2.32. The molecule has 0 bridgehead atoms. The molecule has 1 nitrogen and oxygen atoms in total. The quantitative estimate of drug-likeness (QED) is 0.432. The lowest BCUT2D eigenvalue weighted by molar-refractivity contribution is 1.29. The summed E-state index contributed by atoms with van der Waals surface area (Å²) in [4.78, 5) is 0. The molecule has 0 unspecified atom stereocenters. The number of hydrogen-bond acceptors (Lipinski definition) is 1. The Morgan fingerprint density at radius 2 is 2.57 bits per heavy atom. The van der Waals surface area contributed by atoms with Gasteiger partial charge >= 0.3 is 0 Å². The normalized spacial score (nSPS) is 17.0. The number of allylic oxidation sites excluding steroid dienone is 2. The van der Waals surface area contributed by atoms with Gasteiger partial charge < -0.3 is 5.23 Å². The molecule has 35 valence electrons. The van der Waals surface area contributed by atoms with E-state index >= 15 is 0 Å². The molecule has 7 heavy (non-hydrogen) atoms. The van der Waals surface area contributed by atoms with Gasteiger partial charge in [-0.3, -0.25) is 0 Å². The lowest BCUT2D eigenvalue weighted by atomic mass is 9.91. The smallest absolute Gasteiger partial charge is 0.273 e. The first-order chi connectivity index (χ1) is 3.39. The average Bonchev–Trinajstić information content (AvgIpc) is 1.69. The van der Waals surface area contributed by atoms with Crippen molar-refractivity contribution in [3.8, 4) is 0 Å². The van der Waals surface area contributed by atoms with Gasteiger partial charge in [0.15, 0.2) is 0 Å². The highest BCUT2D eigenvalue weighted by atomic mass is 14.7. The van der Waals surface area contributed by atoms with E-state index in [0.717, 1.165) is 0 Å². The minimum Gasteiger partial charge on any atom is -0.434 e. The van der Waals surface area contributed by atoms with Gasteiger partial charge in [0.1, 0.15) is 0 Å². The van der Waals surface area contributed by atoms with Crippen molar-refractivity contribution in [2.45, 2.75) is 6.92 Å². The van der Waals surface area contributed by atoms with Crippen LogP contribution in [-0.2, 0) is 0 Å². The van der Waals surface area contributed by atoms with Crippen LogP contribution in [0.1, 0.15) is 6.92 Å². The Kier molecular flexibility index (Phi) is 1.20. The molecule has 1 aliphatic rings. The van der Waals surface area contributed by atoms with Crippen molar-refractivity contribution >= 4 is 7.41 Å². The number of hydrogen-bond donors (Lipinski definition) is 1. The van der Waals surface area contributed by atoms with Gasteiger partial charge in [-0.1, -0.05) is 12.1 Å². The Labute approximate surface area is 44.4 Å². The van der Waals surface area contributed by atoms with E-state index < -0.39 is 0 Å². The van der Waals surface area contributed by atoms with E-state index in [1.54, 1.807) is 0 Å². The fourth-order valence-electron chi connectivity index (χ4n) is 0.483. The summed E-state index contributed by atoms with van der Waals surface area (Å²) in [5, 5.41) is 2.96. The molecule has 0 aromatic rings. The standard InChI is InChI=1S/C5H7BN/c1-5-2-3-6-7-4-5/h2-4,7H,1H3. The molecule has 2 heteroatoms. The molecule has 0 atom stereocenters. The summed E-state index contributed by atoms with van der Waals surface area (Å²) in [6.07, 6.45) is 4.01. The largest absolute Gasteiger partial charge is 0.434 e. The zero-order valence-corrected chi connectivity index (χ0v) is 4.31. The van der Waals surface area contributed by atoms with E-state index in [2.05, 4.69) is 18.2 Å². The first kappa shape index (κ1) is 4.50. The Morgan fingerprint density at radius 1 is 1.71 bits per heavy atom. The maximum atomic E-state index is 2.96. The van der Waals surface area contributed by atoms with E-state index in [1.165, 1.54) is 5.57 Å². The fourth-order valence-corrected chi connectivity index (χ4v) is 0.483. The monoisotopic (exact) mass is 92.1 g/mol. The van der Waals surface area contributed by atoms with Gasteiger partial charge in [0.2, 0.25) is 0 Å². The first-order valence-electron chi connectivity index (χ1n) is 2.32. The van der Waals surface area contributed by atoms with Crippen molar-refractivity contribution in [2.24, 2.45) is 0 Å². The molecule has 0 fully saturated rings. The number of nitrogens with one attached hydrogen (secondary N) is 1. The molecule has 0 saturated heterocycles. The van der Waals surface area contributed by atoms with Crippen LogP contribution in [-0.4, -0.2) is 7.41 Å². The Balaban J connectivity index is 2.58. The molecule has 1 N–H and O–H groups in total. The third-order valence-electron chi connectivity index (χ3n) is 0.863. The second kappa shape index (κ2) is 1.87. The zero-order chi connectivity index (χ0) is 5.11. The molecule has 0 aromatic heterocycles. The molecule has 1 heterocycles. The van der Waals surface area contributed by atoms with Crippen LogP contribution in [0.5, 0.6) is 0 Å². The van der Waals surface area contributed by atoms with Crippen molar-refractivity contribution in [1.82, 2.24) is 5.23 Å². The Hall–Kier alpha value is -0.655. The Bertz CT molecular complexity index is 115. The van der Waals surface area contributed by atoms with Gasteiger partial charge in [-0.25, -0.2) is 0 Å². The molecule has 1 radical (unpaired) electrons. The van der Waals surface area contributed by atoms with E-state index in [0.29, 0.717) is 0 Å². The Morgan fingerprint density at radius 3 is 2.86 bits per heavy atom. The molecule has 1 rings (SSSR count). The van der Waals surface area contributed by atoms with Gasteiger partial charge in [-0.2, -0.15) is 0 Å². The predicted octanol–water partition coefficient (Wildman–Crippen LogP) is 0.626. The summed E-state index contributed by atoms with van der Waals surface area (Å²) < 4.78 is 0. The zero-order valence-electron chi connectivity index (χ0n) is 4.31. The third kappa shape index (κ3) is 1.11. The van der Waals surface area contributed by atoms with Crippen LogP contribution in [0.3, 0.4) is 0 Å². The molecule has 0 saturated carbocycles. The van der Waals surface area contributed by atoms with Crippen LogP contribution in [0.15, 0.2) is 23.8 Å². The summed E-state index contributed by atoms with van der Waals surface area (Å²) in [7, 11) is 1.90. The van der Waals surface area contributed by atoms with Gasteiger partial charge in [0.25, 0.3) is 7.41 Å². The topological polar surface area (TPSA) is 12.0 Å². The molecule has 1 aliphatic heterocycles. The fraction of sp³-hybridized carbons (Fsp3) is 0.200. The van der Waals surface area contributed by atoms with Crippen molar-refractivity contribution in [1.29, 1.82) is 0 Å². The second-order valence-corrected chi connectivity index (χ2v) is 1.58. The van der Waals surface area contributed by atoms with Gasteiger partial charge in [0.05, 0.1) is 0 Å². The summed E-state index contributed by atoms with van der Waals surface area (Å²) in [5.41, 5.74) is 1.27. The molecule has 0 spiro atoms. The van der Waals surface area contributed by atoms with E-state index in [1.807, 2.05) is 19.6 Å². The SMILES string of the molecule is CC1=CN[B]C=C1. The highest BCUT2D eigenvalue weighted by Gasteiger charge is 1.86. The van der Waals surface area contributed by atoms with Crippen molar-refractivity contribution in [3.63, 3.8) is 0 Å². The molecule has 0 aliphatic carbocycles. The van der Waals surface area contributed by atoms with E-state index in [9.17, 15) is 0 Å². The van der Waals surface area contributed by atoms with Crippen LogP contribution in [0.25, 0.3) is 0 Å². The maximum Gasteiger partial charge on any atom is 0.273 e. The summed E-state index contributed by atoms with van der Waals surface area (Å²) in [6.45, 7) is 2.05. The van der Waals surface area contributed by atoms with Crippen LogP contribution in [0, 0.1) is 0 Å². The van der Waals surface area contributed by atoms with E-state index in [-0.39, 0.29) is 0 Å². The molecular weight excluding hydrogens is 84.9 g/mol. The predicted molar refractivity (Wildman–Crippen MR) is 31.8 cm³/mol. The molecular formula is C5H7BN. The van der Waals surface area contributed by atoms with Crippen LogP contribution in [0.2, 0.25) is 0 Å². The number of rotatable bonds is 0. The van der Waals surface area contributed by atoms with Crippen LogP contribution in [0.4, 0.5) is 0 Å². The summed E-state index contributed by atoms with van der Waals surface area (Å²) >= 11 is 0. The highest BCUT2D eigenvalue weighted by Crippen LogP contribution is 1.93. The summed E-state index contributed by atoms with van der Waals surface area (Å²) in [5.74, 6) is 1.98. The van der Waals surface area contributed by atoms with Crippen molar-refractivity contribution in [3.05, 3.63) is 23.8 Å².